The number of piperazine rings is 1. The van der Waals surface area contributed by atoms with Gasteiger partial charge in [0.05, 0.1) is 5.69 Å². The highest BCUT2D eigenvalue weighted by Crippen LogP contribution is 2.25. The summed E-state index contributed by atoms with van der Waals surface area (Å²) in [4.78, 5) is 9.75. The van der Waals surface area contributed by atoms with Gasteiger partial charge in [-0.05, 0) is 24.7 Å². The number of nitrogens with one attached hydrogen (secondary N) is 1. The maximum absolute atomic E-state index is 4.95. The molecule has 7 heteroatoms. The molecule has 1 aliphatic rings. The number of rotatable bonds is 7. The van der Waals surface area contributed by atoms with Crippen LogP contribution in [0.4, 0.5) is 0 Å². The third-order valence-corrected chi connectivity index (χ3v) is 4.50. The molecule has 2 heterocycles. The second-order valence-electron chi connectivity index (χ2n) is 8.19. The van der Waals surface area contributed by atoms with Gasteiger partial charge < -0.3 is 14.7 Å². The Labute approximate surface area is 175 Å². The van der Waals surface area contributed by atoms with Crippen molar-refractivity contribution in [1.82, 2.24) is 20.3 Å². The fourth-order valence-electron chi connectivity index (χ4n) is 3.55. The highest BCUT2D eigenvalue weighted by molar-refractivity contribution is 14.0. The van der Waals surface area contributed by atoms with Crippen LogP contribution in [0, 0.1) is 11.3 Å². The number of aromatic nitrogens is 1. The Morgan fingerprint density at radius 1 is 1.31 bits per heavy atom. The van der Waals surface area contributed by atoms with E-state index in [9.17, 15) is 0 Å². The molecule has 1 aromatic heterocycles. The van der Waals surface area contributed by atoms with Crippen molar-refractivity contribution >= 4 is 29.9 Å². The molecule has 0 radical (unpaired) electrons. The molecule has 0 aliphatic carbocycles. The van der Waals surface area contributed by atoms with E-state index in [4.69, 9.17) is 9.52 Å². The Kier molecular flexibility index (Phi) is 9.92. The van der Waals surface area contributed by atoms with Crippen LogP contribution >= 0.6 is 24.0 Å². The van der Waals surface area contributed by atoms with Gasteiger partial charge in [0.1, 0.15) is 6.26 Å². The van der Waals surface area contributed by atoms with Gasteiger partial charge in [-0.15, -0.1) is 24.0 Å². The molecule has 2 rings (SSSR count). The van der Waals surface area contributed by atoms with E-state index >= 15 is 0 Å². The second-order valence-corrected chi connectivity index (χ2v) is 8.19. The Morgan fingerprint density at radius 2 is 2.00 bits per heavy atom. The summed E-state index contributed by atoms with van der Waals surface area (Å²) in [6.45, 7) is 18.0. The van der Waals surface area contributed by atoms with Gasteiger partial charge in [0.15, 0.2) is 5.96 Å². The molecular formula is C19H36IN5O. The number of hydrogen-bond donors (Lipinski definition) is 1. The summed E-state index contributed by atoms with van der Waals surface area (Å²) in [6.07, 6.45) is 2.84. The molecule has 1 aliphatic heterocycles. The van der Waals surface area contributed by atoms with Crippen LogP contribution in [0.2, 0.25) is 0 Å². The lowest BCUT2D eigenvalue weighted by Gasteiger charge is -2.36. The smallest absolute Gasteiger partial charge is 0.194 e. The minimum atomic E-state index is 0. The summed E-state index contributed by atoms with van der Waals surface area (Å²) < 4.78 is 4.92. The van der Waals surface area contributed by atoms with Gasteiger partial charge in [0, 0.05) is 51.9 Å². The normalized spacial score (nSPS) is 16.7. The predicted molar refractivity (Wildman–Crippen MR) is 118 cm³/mol. The van der Waals surface area contributed by atoms with Crippen LogP contribution in [0.1, 0.15) is 46.7 Å². The second kappa shape index (κ2) is 11.1. The lowest BCUT2D eigenvalue weighted by Crippen LogP contribution is -2.52. The van der Waals surface area contributed by atoms with E-state index in [-0.39, 0.29) is 29.4 Å². The summed E-state index contributed by atoms with van der Waals surface area (Å²) in [5, 5.41) is 7.48. The standard InChI is InChI=1S/C19H35N5O.HI/c1-6-20-18(21-15-19(4,5)13-16(2)3)24-10-8-23(9-11-24)14-17-7-12-25-22-17;/h7,12,16H,6,8-11,13-15H2,1-5H3,(H,20,21);1H. The first kappa shape index (κ1) is 23.2. The maximum Gasteiger partial charge on any atom is 0.194 e. The van der Waals surface area contributed by atoms with E-state index in [0.717, 1.165) is 57.5 Å². The Hall–Kier alpha value is -0.830. The van der Waals surface area contributed by atoms with Crippen molar-refractivity contribution in [3.8, 4) is 0 Å². The summed E-state index contributed by atoms with van der Waals surface area (Å²) >= 11 is 0. The molecule has 0 atom stereocenters. The van der Waals surface area contributed by atoms with Crippen LogP contribution in [-0.4, -0.2) is 60.2 Å². The van der Waals surface area contributed by atoms with Crippen LogP contribution in [0.5, 0.6) is 0 Å². The van der Waals surface area contributed by atoms with Crippen molar-refractivity contribution in [3.63, 3.8) is 0 Å². The van der Waals surface area contributed by atoms with Crippen molar-refractivity contribution in [2.45, 2.75) is 47.6 Å². The zero-order chi connectivity index (χ0) is 18.3. The van der Waals surface area contributed by atoms with E-state index in [2.05, 4.69) is 54.9 Å². The molecule has 1 aromatic rings. The van der Waals surface area contributed by atoms with Gasteiger partial charge in [0.25, 0.3) is 0 Å². The van der Waals surface area contributed by atoms with E-state index in [1.54, 1.807) is 6.26 Å². The number of hydrogen-bond acceptors (Lipinski definition) is 4. The molecule has 0 bridgehead atoms. The summed E-state index contributed by atoms with van der Waals surface area (Å²) in [7, 11) is 0. The molecule has 0 saturated carbocycles. The fraction of sp³-hybridized carbons (Fsp3) is 0.789. The number of guanidine groups is 1. The molecule has 6 nitrogen and oxygen atoms in total. The highest BCUT2D eigenvalue weighted by atomic mass is 127. The summed E-state index contributed by atoms with van der Waals surface area (Å²) in [6, 6.07) is 1.94. The van der Waals surface area contributed by atoms with Crippen LogP contribution in [0.3, 0.4) is 0 Å². The average Bonchev–Trinajstić information content (AvgIpc) is 3.04. The predicted octanol–water partition coefficient (Wildman–Crippen LogP) is 3.45. The largest absolute Gasteiger partial charge is 0.364 e. The fourth-order valence-corrected chi connectivity index (χ4v) is 3.55. The first-order chi connectivity index (χ1) is 11.9. The van der Waals surface area contributed by atoms with E-state index < -0.39 is 0 Å². The molecule has 0 aromatic carbocycles. The van der Waals surface area contributed by atoms with Crippen LogP contribution in [0.15, 0.2) is 21.8 Å². The average molecular weight is 477 g/mol. The van der Waals surface area contributed by atoms with Gasteiger partial charge in [-0.1, -0.05) is 32.9 Å². The SMILES string of the molecule is CCNC(=NCC(C)(C)CC(C)C)N1CCN(Cc2ccon2)CC1.I. The number of halogens is 1. The zero-order valence-electron chi connectivity index (χ0n) is 17.0. The lowest BCUT2D eigenvalue weighted by atomic mass is 9.84. The van der Waals surface area contributed by atoms with Crippen LogP contribution in [-0.2, 0) is 6.54 Å². The Balaban J connectivity index is 0.00000338. The minimum absolute atomic E-state index is 0. The zero-order valence-corrected chi connectivity index (χ0v) is 19.3. The van der Waals surface area contributed by atoms with Crippen LogP contribution < -0.4 is 5.32 Å². The molecule has 0 amide bonds. The number of nitrogens with zero attached hydrogens (tertiary/aromatic N) is 4. The quantitative estimate of drug-likeness (QED) is 0.371. The van der Waals surface area contributed by atoms with Gasteiger partial charge in [-0.3, -0.25) is 9.89 Å². The Bertz CT molecular complexity index is 522. The third-order valence-electron chi connectivity index (χ3n) is 4.50. The van der Waals surface area contributed by atoms with E-state index in [0.29, 0.717) is 5.92 Å². The van der Waals surface area contributed by atoms with Crippen molar-refractivity contribution in [2.75, 3.05) is 39.3 Å². The molecule has 26 heavy (non-hydrogen) atoms. The van der Waals surface area contributed by atoms with Gasteiger partial charge in [-0.25, -0.2) is 0 Å². The molecule has 1 saturated heterocycles. The van der Waals surface area contributed by atoms with Gasteiger partial charge in [0.2, 0.25) is 0 Å². The van der Waals surface area contributed by atoms with Crippen molar-refractivity contribution < 1.29 is 4.52 Å². The molecule has 150 valence electrons. The maximum atomic E-state index is 4.95. The number of aliphatic imine (C=N–C) groups is 1. The molecule has 1 N–H and O–H groups in total. The summed E-state index contributed by atoms with van der Waals surface area (Å²) in [5.74, 6) is 1.76. The topological polar surface area (TPSA) is 56.9 Å². The molecular weight excluding hydrogens is 441 g/mol. The summed E-state index contributed by atoms with van der Waals surface area (Å²) in [5.41, 5.74) is 1.24. The van der Waals surface area contributed by atoms with E-state index in [1.807, 2.05) is 6.07 Å². The van der Waals surface area contributed by atoms with Gasteiger partial charge in [-0.2, -0.15) is 0 Å². The third kappa shape index (κ3) is 7.82. The lowest BCUT2D eigenvalue weighted by molar-refractivity contribution is 0.168. The van der Waals surface area contributed by atoms with E-state index in [1.165, 1.54) is 6.42 Å². The first-order valence-corrected chi connectivity index (χ1v) is 9.54. The molecule has 0 unspecified atom stereocenters. The molecule has 1 fully saturated rings. The van der Waals surface area contributed by atoms with Gasteiger partial charge >= 0.3 is 0 Å². The minimum Gasteiger partial charge on any atom is -0.364 e. The Morgan fingerprint density at radius 3 is 2.54 bits per heavy atom. The van der Waals surface area contributed by atoms with Crippen molar-refractivity contribution in [1.29, 1.82) is 0 Å². The first-order valence-electron chi connectivity index (χ1n) is 9.54. The molecule has 0 spiro atoms. The monoisotopic (exact) mass is 477 g/mol. The van der Waals surface area contributed by atoms with Crippen LogP contribution in [0.25, 0.3) is 0 Å². The van der Waals surface area contributed by atoms with Crippen molar-refractivity contribution in [3.05, 3.63) is 18.0 Å². The highest BCUT2D eigenvalue weighted by Gasteiger charge is 2.23. The van der Waals surface area contributed by atoms with Crippen molar-refractivity contribution in [2.24, 2.45) is 16.3 Å².